The first-order valence-electron chi connectivity index (χ1n) is 9.78. The van der Waals surface area contributed by atoms with E-state index in [0.717, 1.165) is 42.8 Å². The normalized spacial score (nSPS) is 18.4. The lowest BCUT2D eigenvalue weighted by atomic mass is 9.97. The van der Waals surface area contributed by atoms with Crippen molar-refractivity contribution in [2.24, 2.45) is 4.99 Å². The molecular formula is C22H33N3O3. The Hall–Kier alpha value is -2.18. The van der Waals surface area contributed by atoms with Gasteiger partial charge in [0.15, 0.2) is 0 Å². The fourth-order valence-corrected chi connectivity index (χ4v) is 3.46. The van der Waals surface area contributed by atoms with Crippen LogP contribution in [0.1, 0.15) is 31.4 Å². The van der Waals surface area contributed by atoms with Crippen LogP contribution in [0.2, 0.25) is 0 Å². The van der Waals surface area contributed by atoms with Gasteiger partial charge >= 0.3 is 0 Å². The van der Waals surface area contributed by atoms with Gasteiger partial charge < -0.3 is 14.7 Å². The summed E-state index contributed by atoms with van der Waals surface area (Å²) in [7, 11) is 5.31. The van der Waals surface area contributed by atoms with Crippen molar-refractivity contribution >= 4 is 17.2 Å². The quantitative estimate of drug-likeness (QED) is 0.550. The summed E-state index contributed by atoms with van der Waals surface area (Å²) in [5, 5.41) is 10.1. The molecule has 1 aliphatic heterocycles. The number of likely N-dealkylation sites (N-methyl/N-ethyl adjacent to an activating group) is 1. The summed E-state index contributed by atoms with van der Waals surface area (Å²) in [6, 6.07) is 8.47. The predicted molar refractivity (Wildman–Crippen MR) is 114 cm³/mol. The molecule has 0 aliphatic carbocycles. The van der Waals surface area contributed by atoms with Gasteiger partial charge in [0.25, 0.3) is 0 Å². The first kappa shape index (κ1) is 22.1. The fraction of sp³-hybridized carbons (Fsp3) is 0.545. The molecule has 1 heterocycles. The van der Waals surface area contributed by atoms with Crippen LogP contribution in [0, 0.1) is 0 Å². The number of hydrogen-bond donors (Lipinski definition) is 1. The van der Waals surface area contributed by atoms with E-state index in [9.17, 15) is 9.90 Å². The van der Waals surface area contributed by atoms with E-state index in [1.54, 1.807) is 33.0 Å². The van der Waals surface area contributed by atoms with Crippen LogP contribution >= 0.6 is 0 Å². The van der Waals surface area contributed by atoms with E-state index in [1.165, 1.54) is 5.56 Å². The molecule has 1 saturated heterocycles. The Morgan fingerprint density at radius 2 is 2.07 bits per heavy atom. The number of benzene rings is 1. The van der Waals surface area contributed by atoms with Gasteiger partial charge in [-0.15, -0.1) is 0 Å². The largest absolute Gasteiger partial charge is 0.512 e. The maximum atomic E-state index is 12.2. The molecule has 1 aromatic carbocycles. The van der Waals surface area contributed by atoms with Gasteiger partial charge in [-0.3, -0.25) is 14.7 Å². The zero-order chi connectivity index (χ0) is 20.7. The molecule has 1 unspecified atom stereocenters. The average molecular weight is 388 g/mol. The Labute approximate surface area is 168 Å². The minimum absolute atomic E-state index is 0.108. The summed E-state index contributed by atoms with van der Waals surface area (Å²) in [5.74, 6) is 0.373. The number of hydrogen-bond acceptors (Lipinski definition) is 5. The second-order valence-electron chi connectivity index (χ2n) is 7.50. The van der Waals surface area contributed by atoms with Crippen molar-refractivity contribution < 1.29 is 14.6 Å². The smallest absolute Gasteiger partial charge is 0.236 e. The van der Waals surface area contributed by atoms with E-state index in [4.69, 9.17) is 4.74 Å². The monoisotopic (exact) mass is 387 g/mol. The second-order valence-corrected chi connectivity index (χ2v) is 7.50. The fourth-order valence-electron chi connectivity index (χ4n) is 3.46. The van der Waals surface area contributed by atoms with E-state index in [1.807, 2.05) is 19.1 Å². The first-order valence-corrected chi connectivity index (χ1v) is 9.78. The minimum atomic E-state index is 0.108. The Bertz CT molecular complexity index is 730. The third kappa shape index (κ3) is 5.91. The van der Waals surface area contributed by atoms with E-state index < -0.39 is 0 Å². The van der Waals surface area contributed by atoms with E-state index in [0.29, 0.717) is 13.2 Å². The number of aliphatic hydroxyl groups excluding tert-OH is 1. The van der Waals surface area contributed by atoms with Crippen LogP contribution in [0.25, 0.3) is 5.57 Å². The lowest BCUT2D eigenvalue weighted by Crippen LogP contribution is -2.44. The van der Waals surface area contributed by atoms with Crippen LogP contribution in [0.15, 0.2) is 35.0 Å². The van der Waals surface area contributed by atoms with E-state index in [2.05, 4.69) is 22.0 Å². The molecule has 2 rings (SSSR count). The molecule has 28 heavy (non-hydrogen) atoms. The Kier molecular flexibility index (Phi) is 8.20. The van der Waals surface area contributed by atoms with E-state index in [-0.39, 0.29) is 17.7 Å². The van der Waals surface area contributed by atoms with Crippen LogP contribution < -0.4 is 0 Å². The molecule has 0 saturated carbocycles. The molecule has 0 bridgehead atoms. The van der Waals surface area contributed by atoms with E-state index >= 15 is 0 Å². The van der Waals surface area contributed by atoms with Crippen molar-refractivity contribution in [1.82, 2.24) is 9.80 Å². The molecule has 6 nitrogen and oxygen atoms in total. The summed E-state index contributed by atoms with van der Waals surface area (Å²) < 4.78 is 5.53. The zero-order valence-corrected chi connectivity index (χ0v) is 17.7. The molecule has 154 valence electrons. The molecule has 0 aromatic heterocycles. The second kappa shape index (κ2) is 10.4. The number of rotatable bonds is 8. The van der Waals surface area contributed by atoms with Gasteiger partial charge in [-0.1, -0.05) is 24.3 Å². The van der Waals surface area contributed by atoms with Gasteiger partial charge in [0.2, 0.25) is 5.91 Å². The van der Waals surface area contributed by atoms with Gasteiger partial charge in [0, 0.05) is 51.6 Å². The lowest BCUT2D eigenvalue weighted by molar-refractivity contribution is -0.130. The molecule has 1 amide bonds. The van der Waals surface area contributed by atoms with Crippen molar-refractivity contribution in [3.63, 3.8) is 0 Å². The summed E-state index contributed by atoms with van der Waals surface area (Å²) in [5.41, 5.74) is 3.70. The number of aliphatic hydroxyl groups is 1. The Morgan fingerprint density at radius 3 is 2.64 bits per heavy atom. The number of aliphatic imine (C=N–C) groups is 1. The Balaban J connectivity index is 2.15. The van der Waals surface area contributed by atoms with Crippen LogP contribution in [0.5, 0.6) is 0 Å². The predicted octanol–water partition coefficient (Wildman–Crippen LogP) is 2.79. The van der Waals surface area contributed by atoms with Crippen molar-refractivity contribution in [3.05, 3.63) is 41.2 Å². The molecule has 1 aliphatic rings. The molecule has 1 aromatic rings. The first-order chi connectivity index (χ1) is 13.3. The summed E-state index contributed by atoms with van der Waals surface area (Å²) in [6.07, 6.45) is 1.79. The molecule has 6 heteroatoms. The van der Waals surface area contributed by atoms with Crippen molar-refractivity contribution in [3.8, 4) is 0 Å². The average Bonchev–Trinajstić information content (AvgIpc) is 3.19. The molecule has 1 N–H and O–H groups in total. The minimum Gasteiger partial charge on any atom is -0.512 e. The third-order valence-electron chi connectivity index (χ3n) is 5.22. The molecule has 1 atom stereocenters. The topological polar surface area (TPSA) is 65.4 Å². The van der Waals surface area contributed by atoms with Crippen molar-refractivity contribution in [1.29, 1.82) is 0 Å². The highest BCUT2D eigenvalue weighted by molar-refractivity contribution is 6.23. The third-order valence-corrected chi connectivity index (χ3v) is 5.22. The molecule has 1 fully saturated rings. The highest BCUT2D eigenvalue weighted by Gasteiger charge is 2.25. The van der Waals surface area contributed by atoms with Crippen molar-refractivity contribution in [2.45, 2.75) is 32.7 Å². The summed E-state index contributed by atoms with van der Waals surface area (Å²) in [4.78, 5) is 20.3. The number of carbonyl (C=O) groups excluding carboxylic acids is 1. The highest BCUT2D eigenvalue weighted by atomic mass is 16.5. The van der Waals surface area contributed by atoms with Crippen LogP contribution in [0.4, 0.5) is 0 Å². The molecule has 0 spiro atoms. The summed E-state index contributed by atoms with van der Waals surface area (Å²) in [6.45, 7) is 6.22. The van der Waals surface area contributed by atoms with Gasteiger partial charge in [-0.25, -0.2) is 0 Å². The maximum Gasteiger partial charge on any atom is 0.236 e. The standard InChI is InChI=1S/C22H33N3O3/c1-16(23-3)22(17(2)26)19-8-6-7-18(13-19)9-11-25(14-21(27)24(4)5)20-10-12-28-15-20/h6-8,13,20,26H,9-12,14-15H2,1-5H3/b22-17+,23-16-. The maximum absolute atomic E-state index is 12.2. The summed E-state index contributed by atoms with van der Waals surface area (Å²) >= 11 is 0. The van der Waals surface area contributed by atoms with Gasteiger partial charge in [0.05, 0.1) is 18.9 Å². The van der Waals surface area contributed by atoms with Crippen LogP contribution in [-0.4, -0.2) is 80.0 Å². The van der Waals surface area contributed by atoms with Gasteiger partial charge in [0.1, 0.15) is 0 Å². The highest BCUT2D eigenvalue weighted by Crippen LogP contribution is 2.22. The SMILES string of the molecule is C/N=C(C)\C(=C(\C)O)c1cccc(CCN(CC(=O)N(C)C)C2CCOC2)c1. The van der Waals surface area contributed by atoms with Gasteiger partial charge in [-0.05, 0) is 37.8 Å². The van der Waals surface area contributed by atoms with Crippen LogP contribution in [0.3, 0.4) is 0 Å². The molecular weight excluding hydrogens is 354 g/mol. The molecule has 0 radical (unpaired) electrons. The van der Waals surface area contributed by atoms with Crippen LogP contribution in [-0.2, 0) is 16.0 Å². The Morgan fingerprint density at radius 1 is 1.32 bits per heavy atom. The van der Waals surface area contributed by atoms with Gasteiger partial charge in [-0.2, -0.15) is 0 Å². The number of nitrogens with zero attached hydrogens (tertiary/aromatic N) is 3. The van der Waals surface area contributed by atoms with Crippen molar-refractivity contribution in [2.75, 3.05) is 47.4 Å². The number of allylic oxidation sites excluding steroid dienone is 2. The number of ether oxygens (including phenoxy) is 1. The lowest BCUT2D eigenvalue weighted by Gasteiger charge is -2.28. The number of carbonyl (C=O) groups is 1. The number of amides is 1. The zero-order valence-electron chi connectivity index (χ0n) is 17.7.